The van der Waals surface area contributed by atoms with Gasteiger partial charge >= 0.3 is 0 Å². The van der Waals surface area contributed by atoms with Crippen LogP contribution in [0.5, 0.6) is 0 Å². The van der Waals surface area contributed by atoms with Crippen LogP contribution in [0.4, 0.5) is 0 Å². The lowest BCUT2D eigenvalue weighted by Crippen LogP contribution is -2.69. The Kier molecular flexibility index (Phi) is 14.2. The van der Waals surface area contributed by atoms with Gasteiger partial charge in [0.1, 0.15) is 6.04 Å². The van der Waals surface area contributed by atoms with E-state index in [4.69, 9.17) is 0 Å². The highest BCUT2D eigenvalue weighted by molar-refractivity contribution is 7.98. The molecule has 0 aliphatic rings. The normalized spacial score (nSPS) is 14.4. The molecule has 0 unspecified atom stereocenters. The molecule has 0 spiro atoms. The Balaban J connectivity index is 4.83. The molecule has 0 aromatic heterocycles. The average molecular weight is 412 g/mol. The van der Waals surface area contributed by atoms with Gasteiger partial charge in [0.05, 0.1) is 12.0 Å². The molecule has 0 aromatic rings. The number of hydrogen-bond acceptors (Lipinski definition) is 7. The van der Waals surface area contributed by atoms with Crippen LogP contribution in [-0.4, -0.2) is 71.9 Å². The zero-order valence-corrected chi connectivity index (χ0v) is 17.5. The van der Waals surface area contributed by atoms with Crippen LogP contribution in [0.2, 0.25) is 0 Å². The monoisotopic (exact) mass is 411 g/mol. The van der Waals surface area contributed by atoms with Crippen molar-refractivity contribution in [1.29, 1.82) is 0 Å². The molecular weight excluding hydrogens is 382 g/mol. The van der Waals surface area contributed by atoms with Crippen LogP contribution in [-0.2, 0) is 14.4 Å². The van der Waals surface area contributed by atoms with Crippen LogP contribution in [0.25, 0.3) is 0 Å². The van der Waals surface area contributed by atoms with Crippen LogP contribution >= 0.6 is 35.3 Å². The Hall–Kier alpha value is -0.580. The Morgan fingerprint density at radius 3 is 1.76 bits per heavy atom. The molecule has 0 fully saturated rings. The number of carboxylic acids is 1. The van der Waals surface area contributed by atoms with E-state index in [1.807, 2.05) is 18.8 Å². The van der Waals surface area contributed by atoms with Crippen LogP contribution in [0, 0.1) is 0 Å². The highest BCUT2D eigenvalue weighted by atomic mass is 32.2. The summed E-state index contributed by atoms with van der Waals surface area (Å²) in [7, 11) is 0. The number of carbonyl (C=O) groups excluding carboxylic acids is 3. The third-order valence-electron chi connectivity index (χ3n) is 3.50. The minimum absolute atomic E-state index is 0.282. The van der Waals surface area contributed by atoms with Gasteiger partial charge < -0.3 is 26.3 Å². The standard InChI is InChI=1S/C15H29N3O4S3/c1-23-7-4-10(16)13(19)17-11(5-8-24-2)14(20)18-12(15(21)22)6-9-25-3/h10-12H,4-9,16H2,1-3H3,(H,17,19)(H,18,20)(H,21,22)/t10-,11+,12+/m1/s1. The van der Waals surface area contributed by atoms with E-state index in [0.29, 0.717) is 24.3 Å². The number of carboxylic acid groups (broad SMARTS) is 1. The van der Waals surface area contributed by atoms with Crippen molar-refractivity contribution >= 4 is 53.1 Å². The number of quaternary nitrogens is 1. The number of rotatable bonds is 14. The number of thioether (sulfide) groups is 3. The molecule has 3 atom stereocenters. The molecule has 2 amide bonds. The van der Waals surface area contributed by atoms with Gasteiger partial charge in [0, 0.05) is 6.42 Å². The number of nitrogens with one attached hydrogen (secondary N) is 2. The molecule has 146 valence electrons. The molecule has 0 heterocycles. The summed E-state index contributed by atoms with van der Waals surface area (Å²) in [6.07, 6.45) is 7.05. The number of hydrogen-bond donors (Lipinski definition) is 3. The van der Waals surface area contributed by atoms with Crippen molar-refractivity contribution in [2.75, 3.05) is 36.0 Å². The molecule has 5 N–H and O–H groups in total. The summed E-state index contributed by atoms with van der Waals surface area (Å²) in [5.74, 6) is -0.0149. The van der Waals surface area contributed by atoms with Crippen LogP contribution in [0.15, 0.2) is 0 Å². The quantitative estimate of drug-likeness (QED) is 0.320. The SMILES string of the molecule is CSCC[C@@H]([NH3+])C(=O)N[C@@H](CCSC)C(=O)N[C@@H](CCSC)C(=O)[O-]. The second kappa shape index (κ2) is 14.6. The fourth-order valence-corrected chi connectivity index (χ4v) is 3.41. The van der Waals surface area contributed by atoms with Gasteiger partial charge in [-0.25, -0.2) is 0 Å². The Morgan fingerprint density at radius 2 is 1.28 bits per heavy atom. The maximum Gasteiger partial charge on any atom is 0.278 e. The second-order valence-corrected chi connectivity index (χ2v) is 8.44. The molecule has 25 heavy (non-hydrogen) atoms. The largest absolute Gasteiger partial charge is 0.548 e. The zero-order valence-electron chi connectivity index (χ0n) is 15.0. The fourth-order valence-electron chi connectivity index (χ4n) is 1.94. The molecule has 7 nitrogen and oxygen atoms in total. The first-order chi connectivity index (χ1) is 11.9. The van der Waals surface area contributed by atoms with Crippen molar-refractivity contribution in [3.05, 3.63) is 0 Å². The lowest BCUT2D eigenvalue weighted by Gasteiger charge is -2.24. The summed E-state index contributed by atoms with van der Waals surface area (Å²) in [4.78, 5) is 35.8. The molecule has 0 bridgehead atoms. The topological polar surface area (TPSA) is 126 Å². The first-order valence-corrected chi connectivity index (χ1v) is 12.2. The second-order valence-electron chi connectivity index (χ2n) is 5.48. The highest BCUT2D eigenvalue weighted by Crippen LogP contribution is 2.05. The van der Waals surface area contributed by atoms with Gasteiger partial charge in [-0.1, -0.05) is 0 Å². The first kappa shape index (κ1) is 24.4. The molecule has 0 radical (unpaired) electrons. The van der Waals surface area contributed by atoms with E-state index in [9.17, 15) is 19.5 Å². The summed E-state index contributed by atoms with van der Waals surface area (Å²) in [6, 6.07) is -2.26. The molecule has 10 heteroatoms. The molecule has 0 saturated carbocycles. The van der Waals surface area contributed by atoms with Gasteiger partial charge in [-0.3, -0.25) is 9.59 Å². The molecule has 0 aliphatic carbocycles. The minimum Gasteiger partial charge on any atom is -0.548 e. The van der Waals surface area contributed by atoms with Crippen molar-refractivity contribution in [2.45, 2.75) is 37.4 Å². The summed E-state index contributed by atoms with van der Waals surface area (Å²) in [6.45, 7) is 0. The number of amides is 2. The van der Waals surface area contributed by atoms with Crippen LogP contribution in [0.1, 0.15) is 19.3 Å². The van der Waals surface area contributed by atoms with Gasteiger partial charge in [-0.15, -0.1) is 0 Å². The number of carbonyl (C=O) groups is 3. The van der Waals surface area contributed by atoms with E-state index in [2.05, 4.69) is 16.4 Å². The van der Waals surface area contributed by atoms with E-state index in [1.165, 1.54) is 11.8 Å². The predicted molar refractivity (Wildman–Crippen MR) is 105 cm³/mol. The average Bonchev–Trinajstić information content (AvgIpc) is 2.59. The summed E-state index contributed by atoms with van der Waals surface area (Å²) >= 11 is 4.68. The van der Waals surface area contributed by atoms with Gasteiger partial charge in [0.2, 0.25) is 5.91 Å². The Bertz CT molecular complexity index is 427. The first-order valence-electron chi connectivity index (χ1n) is 7.98. The van der Waals surface area contributed by atoms with E-state index >= 15 is 0 Å². The third-order valence-corrected chi connectivity index (χ3v) is 5.43. The molecule has 0 aromatic carbocycles. The molecule has 0 aliphatic heterocycles. The molecule has 0 saturated heterocycles. The maximum atomic E-state index is 12.4. The van der Waals surface area contributed by atoms with Crippen molar-refractivity contribution < 1.29 is 25.2 Å². The van der Waals surface area contributed by atoms with Gasteiger partial charge in [0.25, 0.3) is 5.91 Å². The van der Waals surface area contributed by atoms with Crippen LogP contribution < -0.4 is 21.5 Å². The van der Waals surface area contributed by atoms with Crippen molar-refractivity contribution in [3.8, 4) is 0 Å². The maximum absolute atomic E-state index is 12.4. The van der Waals surface area contributed by atoms with Crippen molar-refractivity contribution in [1.82, 2.24) is 10.6 Å². The lowest BCUT2D eigenvalue weighted by atomic mass is 10.1. The van der Waals surface area contributed by atoms with E-state index in [1.54, 1.807) is 23.5 Å². The van der Waals surface area contributed by atoms with Gasteiger partial charge in [0.15, 0.2) is 6.04 Å². The smallest absolute Gasteiger partial charge is 0.278 e. The van der Waals surface area contributed by atoms with Gasteiger partial charge in [-0.05, 0) is 48.9 Å². The third kappa shape index (κ3) is 10.9. The fraction of sp³-hybridized carbons (Fsp3) is 0.800. The summed E-state index contributed by atoms with van der Waals surface area (Å²) < 4.78 is 0. The molecule has 0 rings (SSSR count). The lowest BCUT2D eigenvalue weighted by molar-refractivity contribution is -0.404. The summed E-state index contributed by atoms with van der Waals surface area (Å²) in [5, 5.41) is 16.4. The Labute approximate surface area is 162 Å². The highest BCUT2D eigenvalue weighted by Gasteiger charge is 2.26. The predicted octanol–water partition coefficient (Wildman–Crippen LogP) is -1.42. The van der Waals surface area contributed by atoms with Crippen molar-refractivity contribution in [3.63, 3.8) is 0 Å². The minimum atomic E-state index is -1.31. The van der Waals surface area contributed by atoms with E-state index < -0.39 is 30.0 Å². The van der Waals surface area contributed by atoms with E-state index in [-0.39, 0.29) is 12.3 Å². The zero-order chi connectivity index (χ0) is 19.2. The van der Waals surface area contributed by atoms with E-state index in [0.717, 1.165) is 5.75 Å². The molecular formula is C15H29N3O4S3. The Morgan fingerprint density at radius 1 is 0.840 bits per heavy atom. The number of aliphatic carboxylic acids is 1. The van der Waals surface area contributed by atoms with Crippen molar-refractivity contribution in [2.24, 2.45) is 0 Å². The van der Waals surface area contributed by atoms with Gasteiger partial charge in [-0.2, -0.15) is 35.3 Å². The summed E-state index contributed by atoms with van der Waals surface area (Å²) in [5.41, 5.74) is 3.83. The van der Waals surface area contributed by atoms with Crippen LogP contribution in [0.3, 0.4) is 0 Å².